The minimum absolute atomic E-state index is 0.114. The predicted molar refractivity (Wildman–Crippen MR) is 117 cm³/mol. The number of hydrogen-bond acceptors (Lipinski definition) is 5. The maximum absolute atomic E-state index is 13.1. The van der Waals surface area contributed by atoms with Crippen molar-refractivity contribution in [1.29, 1.82) is 0 Å². The average molecular weight is 407 g/mol. The molecule has 3 rings (SSSR count). The van der Waals surface area contributed by atoms with Crippen LogP contribution in [0.5, 0.6) is 5.75 Å². The van der Waals surface area contributed by atoms with Crippen LogP contribution in [0.15, 0.2) is 54.1 Å². The van der Waals surface area contributed by atoms with E-state index in [4.69, 9.17) is 4.74 Å². The molecule has 30 heavy (non-hydrogen) atoms. The first-order valence-corrected chi connectivity index (χ1v) is 9.98. The fourth-order valence-corrected chi connectivity index (χ4v) is 3.33. The van der Waals surface area contributed by atoms with Gasteiger partial charge in [-0.05, 0) is 56.7 Å². The zero-order chi connectivity index (χ0) is 21.7. The Balaban J connectivity index is 1.95. The van der Waals surface area contributed by atoms with Gasteiger partial charge in [-0.2, -0.15) is 0 Å². The summed E-state index contributed by atoms with van der Waals surface area (Å²) in [5.74, 6) is -1.02. The summed E-state index contributed by atoms with van der Waals surface area (Å²) < 4.78 is 5.54. The lowest BCUT2D eigenvalue weighted by Crippen LogP contribution is -2.54. The molecule has 0 aliphatic carbocycles. The summed E-state index contributed by atoms with van der Waals surface area (Å²) in [6.45, 7) is 8.11. The lowest BCUT2D eigenvalue weighted by atomic mass is 10.1. The second-order valence-electron chi connectivity index (χ2n) is 6.62. The van der Waals surface area contributed by atoms with E-state index in [0.29, 0.717) is 17.9 Å². The van der Waals surface area contributed by atoms with Gasteiger partial charge in [-0.25, -0.2) is 9.69 Å². The van der Waals surface area contributed by atoms with Crippen LogP contribution in [0, 0.1) is 0 Å². The monoisotopic (exact) mass is 407 g/mol. The number of barbiturate groups is 1. The van der Waals surface area contributed by atoms with E-state index >= 15 is 0 Å². The third-order valence-electron chi connectivity index (χ3n) is 4.84. The molecule has 1 saturated heterocycles. The maximum Gasteiger partial charge on any atom is 0.336 e. The fourth-order valence-electron chi connectivity index (χ4n) is 3.33. The van der Waals surface area contributed by atoms with E-state index in [2.05, 4.69) is 24.1 Å². The minimum atomic E-state index is -0.800. The van der Waals surface area contributed by atoms with E-state index in [1.54, 1.807) is 24.3 Å². The van der Waals surface area contributed by atoms with E-state index in [-0.39, 0.29) is 11.3 Å². The van der Waals surface area contributed by atoms with Crippen LogP contribution in [0.1, 0.15) is 26.3 Å². The Bertz CT molecular complexity index is 978. The van der Waals surface area contributed by atoms with E-state index in [9.17, 15) is 14.4 Å². The van der Waals surface area contributed by atoms with Gasteiger partial charge in [-0.3, -0.25) is 14.9 Å². The summed E-state index contributed by atoms with van der Waals surface area (Å²) in [5.41, 5.74) is 1.93. The molecule has 0 unspecified atom stereocenters. The van der Waals surface area contributed by atoms with Crippen LogP contribution < -0.4 is 19.9 Å². The number of ether oxygens (including phenoxy) is 1. The largest absolute Gasteiger partial charge is 0.492 e. The number of amides is 4. The van der Waals surface area contributed by atoms with Crippen LogP contribution in [0.2, 0.25) is 0 Å². The summed E-state index contributed by atoms with van der Waals surface area (Å²) in [6, 6.07) is 13.5. The van der Waals surface area contributed by atoms with Gasteiger partial charge < -0.3 is 9.64 Å². The van der Waals surface area contributed by atoms with Crippen LogP contribution in [0.25, 0.3) is 6.08 Å². The number of para-hydroxylation sites is 2. The number of hydrogen-bond donors (Lipinski definition) is 1. The Morgan fingerprint density at radius 1 is 0.967 bits per heavy atom. The molecule has 4 amide bonds. The number of carbonyl (C=O) groups is 3. The number of imide groups is 2. The molecule has 0 saturated carbocycles. The van der Waals surface area contributed by atoms with Crippen LogP contribution >= 0.6 is 0 Å². The second kappa shape index (κ2) is 9.26. The van der Waals surface area contributed by atoms with E-state index in [1.807, 2.05) is 31.2 Å². The highest BCUT2D eigenvalue weighted by Gasteiger charge is 2.38. The first-order chi connectivity index (χ1) is 14.5. The highest BCUT2D eigenvalue weighted by atomic mass is 16.5. The zero-order valence-corrected chi connectivity index (χ0v) is 17.3. The third kappa shape index (κ3) is 4.20. The SMILES string of the molecule is CCOc1ccccc1N1C(=O)NC(=O)/C(=C/c2ccc(N(CC)CC)cc2)C1=O. The molecule has 0 radical (unpaired) electrons. The highest BCUT2D eigenvalue weighted by molar-refractivity contribution is 6.39. The summed E-state index contributed by atoms with van der Waals surface area (Å²) in [5, 5.41) is 2.24. The molecule has 7 heteroatoms. The number of urea groups is 1. The van der Waals surface area contributed by atoms with Gasteiger partial charge in [0.05, 0.1) is 12.3 Å². The van der Waals surface area contributed by atoms with Gasteiger partial charge in [-0.1, -0.05) is 24.3 Å². The van der Waals surface area contributed by atoms with Gasteiger partial charge in [0.1, 0.15) is 11.3 Å². The smallest absolute Gasteiger partial charge is 0.336 e. The predicted octanol–water partition coefficient (Wildman–Crippen LogP) is 3.60. The molecular weight excluding hydrogens is 382 g/mol. The Kier molecular flexibility index (Phi) is 6.51. The topological polar surface area (TPSA) is 79.0 Å². The van der Waals surface area contributed by atoms with Gasteiger partial charge in [0, 0.05) is 18.8 Å². The van der Waals surface area contributed by atoms with Gasteiger partial charge in [-0.15, -0.1) is 0 Å². The Hall–Kier alpha value is -3.61. The number of anilines is 2. The Morgan fingerprint density at radius 3 is 2.27 bits per heavy atom. The number of rotatable bonds is 7. The molecule has 0 bridgehead atoms. The van der Waals surface area contributed by atoms with Crippen molar-refractivity contribution < 1.29 is 19.1 Å². The molecule has 1 N–H and O–H groups in total. The van der Waals surface area contributed by atoms with Gasteiger partial charge >= 0.3 is 6.03 Å². The molecule has 0 atom stereocenters. The molecule has 1 aliphatic rings. The van der Waals surface area contributed by atoms with Crippen molar-refractivity contribution >= 4 is 35.3 Å². The molecule has 2 aromatic rings. The fraction of sp³-hybridized carbons (Fsp3) is 0.261. The van der Waals surface area contributed by atoms with Crippen molar-refractivity contribution in [2.75, 3.05) is 29.5 Å². The molecule has 1 fully saturated rings. The molecule has 1 aliphatic heterocycles. The van der Waals surface area contributed by atoms with E-state index < -0.39 is 17.8 Å². The first kappa shape index (κ1) is 21.1. The average Bonchev–Trinajstić information content (AvgIpc) is 2.74. The Labute approximate surface area is 175 Å². The molecule has 1 heterocycles. The van der Waals surface area contributed by atoms with Crippen LogP contribution in [-0.4, -0.2) is 37.5 Å². The van der Waals surface area contributed by atoms with Crippen molar-refractivity contribution in [3.05, 3.63) is 59.7 Å². The summed E-state index contributed by atoms with van der Waals surface area (Å²) in [6.07, 6.45) is 1.49. The van der Waals surface area contributed by atoms with Crippen molar-refractivity contribution in [2.45, 2.75) is 20.8 Å². The quantitative estimate of drug-likeness (QED) is 0.560. The second-order valence-corrected chi connectivity index (χ2v) is 6.62. The third-order valence-corrected chi connectivity index (χ3v) is 4.84. The minimum Gasteiger partial charge on any atom is -0.492 e. The van der Waals surface area contributed by atoms with Crippen molar-refractivity contribution in [1.82, 2.24) is 5.32 Å². The van der Waals surface area contributed by atoms with Crippen molar-refractivity contribution in [2.24, 2.45) is 0 Å². The van der Waals surface area contributed by atoms with Gasteiger partial charge in [0.2, 0.25) is 0 Å². The molecule has 0 spiro atoms. The van der Waals surface area contributed by atoms with Crippen LogP contribution in [0.3, 0.4) is 0 Å². The van der Waals surface area contributed by atoms with Crippen molar-refractivity contribution in [3.63, 3.8) is 0 Å². The Morgan fingerprint density at radius 2 is 1.63 bits per heavy atom. The molecule has 156 valence electrons. The standard InChI is InChI=1S/C23H25N3O4/c1-4-25(5-2)17-13-11-16(12-14-17)15-18-21(27)24-23(29)26(22(18)28)19-9-7-8-10-20(19)30-6-3/h7-15H,4-6H2,1-3H3,(H,24,27,29)/b18-15-. The van der Waals surface area contributed by atoms with Crippen LogP contribution in [0.4, 0.5) is 16.2 Å². The van der Waals surface area contributed by atoms with E-state index in [1.165, 1.54) is 6.08 Å². The number of nitrogens with one attached hydrogen (secondary N) is 1. The number of nitrogens with zero attached hydrogens (tertiary/aromatic N) is 2. The summed E-state index contributed by atoms with van der Waals surface area (Å²) >= 11 is 0. The van der Waals surface area contributed by atoms with Gasteiger partial charge in [0.15, 0.2) is 0 Å². The van der Waals surface area contributed by atoms with E-state index in [0.717, 1.165) is 23.7 Å². The van der Waals surface area contributed by atoms with Crippen LogP contribution in [-0.2, 0) is 9.59 Å². The molecule has 7 nitrogen and oxygen atoms in total. The first-order valence-electron chi connectivity index (χ1n) is 9.98. The summed E-state index contributed by atoms with van der Waals surface area (Å²) in [4.78, 5) is 41.0. The van der Waals surface area contributed by atoms with Gasteiger partial charge in [0.25, 0.3) is 11.8 Å². The van der Waals surface area contributed by atoms with Crippen molar-refractivity contribution in [3.8, 4) is 5.75 Å². The zero-order valence-electron chi connectivity index (χ0n) is 17.3. The maximum atomic E-state index is 13.1. The normalized spacial score (nSPS) is 15.4. The molecule has 2 aromatic carbocycles. The number of benzene rings is 2. The highest BCUT2D eigenvalue weighted by Crippen LogP contribution is 2.31. The lowest BCUT2D eigenvalue weighted by Gasteiger charge is -2.27. The summed E-state index contributed by atoms with van der Waals surface area (Å²) in [7, 11) is 0. The number of carbonyl (C=O) groups excluding carboxylic acids is 3. The molecule has 0 aromatic heterocycles. The lowest BCUT2D eigenvalue weighted by molar-refractivity contribution is -0.122. The molecular formula is C23H25N3O4.